The van der Waals surface area contributed by atoms with E-state index < -0.39 is 97.5 Å². The van der Waals surface area contributed by atoms with E-state index in [9.17, 15) is 43.2 Å². The van der Waals surface area contributed by atoms with Crippen molar-refractivity contribution in [2.24, 2.45) is 5.92 Å². The van der Waals surface area contributed by atoms with Crippen molar-refractivity contribution in [3.05, 3.63) is 0 Å². The maximum atomic E-state index is 13.1. The van der Waals surface area contributed by atoms with E-state index in [-0.39, 0.29) is 25.7 Å². The molecule has 0 aromatic carbocycles. The molecule has 0 amide bonds. The topological polar surface area (TPSA) is 237 Å². The highest BCUT2D eigenvalue weighted by Crippen LogP contribution is 2.45. The van der Waals surface area contributed by atoms with Gasteiger partial charge in [-0.15, -0.1) is 0 Å². The number of ether oxygens (including phenoxy) is 4. The van der Waals surface area contributed by atoms with Crippen LogP contribution >= 0.6 is 15.6 Å². The molecule has 0 heterocycles. The first-order valence-electron chi connectivity index (χ1n) is 41.2. The first kappa shape index (κ1) is 96.1. The molecule has 0 radical (unpaired) electrons. The summed E-state index contributed by atoms with van der Waals surface area (Å²) in [5.41, 5.74) is 0. The summed E-state index contributed by atoms with van der Waals surface area (Å²) in [4.78, 5) is 72.8. The maximum absolute atomic E-state index is 13.1. The largest absolute Gasteiger partial charge is 0.472 e. The van der Waals surface area contributed by atoms with Gasteiger partial charge in [0.15, 0.2) is 12.2 Å². The number of esters is 4. The van der Waals surface area contributed by atoms with Gasteiger partial charge in [-0.3, -0.25) is 37.3 Å². The number of hydrogen-bond acceptors (Lipinski definition) is 15. The molecule has 0 saturated heterocycles. The third-order valence-corrected chi connectivity index (χ3v) is 20.8. The molecule has 3 unspecified atom stereocenters. The van der Waals surface area contributed by atoms with Crippen LogP contribution in [0, 0.1) is 5.92 Å². The lowest BCUT2D eigenvalue weighted by Crippen LogP contribution is -2.30. The number of carbonyl (C=O) groups excluding carboxylic acids is 4. The highest BCUT2D eigenvalue weighted by molar-refractivity contribution is 7.47. The molecule has 0 bridgehead atoms. The van der Waals surface area contributed by atoms with Crippen LogP contribution in [0.15, 0.2) is 0 Å². The molecule has 0 aliphatic carbocycles. The number of rotatable bonds is 79. The van der Waals surface area contributed by atoms with E-state index in [1.807, 2.05) is 0 Å². The van der Waals surface area contributed by atoms with Gasteiger partial charge in [0.1, 0.15) is 19.3 Å². The van der Waals surface area contributed by atoms with Gasteiger partial charge in [-0.25, -0.2) is 9.13 Å². The zero-order chi connectivity index (χ0) is 71.9. The van der Waals surface area contributed by atoms with E-state index in [1.165, 1.54) is 238 Å². The van der Waals surface area contributed by atoms with Crippen LogP contribution in [-0.2, 0) is 65.4 Å². The van der Waals surface area contributed by atoms with E-state index in [1.54, 1.807) is 0 Å². The Kier molecular flexibility index (Phi) is 70.6. The number of aliphatic hydroxyl groups is 1. The average Bonchev–Trinajstić information content (AvgIpc) is 0.969. The molecule has 17 nitrogen and oxygen atoms in total. The predicted octanol–water partition coefficient (Wildman–Crippen LogP) is 23.6. The minimum Gasteiger partial charge on any atom is -0.462 e. The summed E-state index contributed by atoms with van der Waals surface area (Å²) < 4.78 is 68.5. The first-order chi connectivity index (χ1) is 47.6. The van der Waals surface area contributed by atoms with Gasteiger partial charge in [0.2, 0.25) is 0 Å². The predicted molar refractivity (Wildman–Crippen MR) is 400 cm³/mol. The fourth-order valence-electron chi connectivity index (χ4n) is 12.2. The van der Waals surface area contributed by atoms with E-state index in [2.05, 4.69) is 34.6 Å². The van der Waals surface area contributed by atoms with Crippen molar-refractivity contribution in [1.82, 2.24) is 0 Å². The Bertz CT molecular complexity index is 1880. The second-order valence-corrected chi connectivity index (χ2v) is 31.6. The Morgan fingerprint density at radius 3 is 0.724 bits per heavy atom. The van der Waals surface area contributed by atoms with Gasteiger partial charge < -0.3 is 33.8 Å². The summed E-state index contributed by atoms with van der Waals surface area (Å²) in [6.07, 6.45) is 62.6. The number of phosphoric ester groups is 2. The number of aliphatic hydroxyl groups excluding tert-OH is 1. The lowest BCUT2D eigenvalue weighted by Gasteiger charge is -2.21. The summed E-state index contributed by atoms with van der Waals surface area (Å²) in [5.74, 6) is -1.34. The van der Waals surface area contributed by atoms with E-state index >= 15 is 0 Å². The molecule has 3 N–H and O–H groups in total. The van der Waals surface area contributed by atoms with Crippen molar-refractivity contribution in [3.63, 3.8) is 0 Å². The average molecular weight is 1440 g/mol. The zero-order valence-electron chi connectivity index (χ0n) is 63.9. The third kappa shape index (κ3) is 71.1. The summed E-state index contributed by atoms with van der Waals surface area (Å²) >= 11 is 0. The van der Waals surface area contributed by atoms with Crippen LogP contribution in [0.4, 0.5) is 0 Å². The van der Waals surface area contributed by atoms with Crippen LogP contribution in [-0.4, -0.2) is 96.7 Å². The Hall–Kier alpha value is -1.94. The molecular formula is C79H154O17P2. The maximum Gasteiger partial charge on any atom is 0.472 e. The number of phosphoric acid groups is 2. The molecular weight excluding hydrogens is 1280 g/mol. The molecule has 0 aromatic heterocycles. The number of unbranched alkanes of at least 4 members (excludes halogenated alkanes) is 50. The second-order valence-electron chi connectivity index (χ2n) is 28.7. The van der Waals surface area contributed by atoms with Crippen LogP contribution in [0.2, 0.25) is 0 Å². The smallest absolute Gasteiger partial charge is 0.462 e. The van der Waals surface area contributed by atoms with Crippen molar-refractivity contribution >= 4 is 39.5 Å². The molecule has 0 aliphatic heterocycles. The Balaban J connectivity index is 5.17. The van der Waals surface area contributed by atoms with Crippen molar-refractivity contribution in [2.75, 3.05) is 39.6 Å². The minimum absolute atomic E-state index is 0.105. The molecule has 582 valence electrons. The summed E-state index contributed by atoms with van der Waals surface area (Å²) in [7, 11) is -9.91. The van der Waals surface area contributed by atoms with Crippen molar-refractivity contribution < 1.29 is 80.2 Å². The highest BCUT2D eigenvalue weighted by Gasteiger charge is 2.30. The van der Waals surface area contributed by atoms with E-state index in [0.29, 0.717) is 25.7 Å². The van der Waals surface area contributed by atoms with Crippen molar-refractivity contribution in [2.45, 2.75) is 438 Å². The molecule has 0 saturated carbocycles. The lowest BCUT2D eigenvalue weighted by molar-refractivity contribution is -0.161. The molecule has 0 rings (SSSR count). The highest BCUT2D eigenvalue weighted by atomic mass is 31.2. The van der Waals surface area contributed by atoms with Crippen LogP contribution < -0.4 is 0 Å². The number of carbonyl (C=O) groups is 4. The van der Waals surface area contributed by atoms with Crippen LogP contribution in [0.1, 0.15) is 420 Å². The Labute approximate surface area is 600 Å². The summed E-state index contributed by atoms with van der Waals surface area (Å²) in [6, 6.07) is 0. The van der Waals surface area contributed by atoms with Crippen LogP contribution in [0.5, 0.6) is 0 Å². The van der Waals surface area contributed by atoms with Gasteiger partial charge in [-0.1, -0.05) is 369 Å². The van der Waals surface area contributed by atoms with Crippen molar-refractivity contribution in [1.29, 1.82) is 0 Å². The second kappa shape index (κ2) is 72.0. The van der Waals surface area contributed by atoms with Gasteiger partial charge in [0.05, 0.1) is 26.4 Å². The van der Waals surface area contributed by atoms with Gasteiger partial charge in [-0.05, 0) is 31.6 Å². The molecule has 0 fully saturated rings. The third-order valence-electron chi connectivity index (χ3n) is 18.9. The molecule has 0 aliphatic rings. The van der Waals surface area contributed by atoms with Crippen molar-refractivity contribution in [3.8, 4) is 0 Å². The normalized spacial score (nSPS) is 14.2. The summed E-state index contributed by atoms with van der Waals surface area (Å²) in [5, 5.41) is 10.6. The molecule has 19 heteroatoms. The Morgan fingerprint density at radius 2 is 0.490 bits per heavy atom. The molecule has 0 aromatic rings. The van der Waals surface area contributed by atoms with Gasteiger partial charge in [-0.2, -0.15) is 0 Å². The monoisotopic (exact) mass is 1440 g/mol. The fourth-order valence-corrected chi connectivity index (χ4v) is 13.8. The van der Waals surface area contributed by atoms with E-state index in [4.69, 9.17) is 37.0 Å². The standard InChI is InChI=1S/C79H154O17P2/c1-6-10-13-16-19-22-24-26-28-30-31-32-33-34-35-37-39-41-43-49-54-59-64-78(83)95-75(69-90-77(82)63-58-53-48-42-40-38-36-29-27-25-23-20-17-14-11-7-2)71-94-98(87,88)92-67-73(80)66-91-97(85,86)93-70-74(68-89-76(81)62-57-52-47-21-18-15-12-8-3)96-79(84)65-60-55-50-45-44-46-51-56-61-72(5)9-4/h72-75,80H,6-71H2,1-5H3,(H,85,86)(H,87,88)/t72?,73-,74+,75+/m0/s1. The minimum atomic E-state index is -4.96. The van der Waals surface area contributed by atoms with Gasteiger partial charge in [0, 0.05) is 25.7 Å². The molecule has 98 heavy (non-hydrogen) atoms. The molecule has 0 spiro atoms. The van der Waals surface area contributed by atoms with Crippen LogP contribution in [0.3, 0.4) is 0 Å². The fraction of sp³-hybridized carbons (Fsp3) is 0.949. The van der Waals surface area contributed by atoms with Crippen LogP contribution in [0.25, 0.3) is 0 Å². The zero-order valence-corrected chi connectivity index (χ0v) is 65.7. The van der Waals surface area contributed by atoms with Gasteiger partial charge >= 0.3 is 39.5 Å². The SMILES string of the molecule is CCCCCCCCCCCCCCCCCCCCCCCCC(=O)O[C@H](COC(=O)CCCCCCCCCCCCCCCCCC)COP(=O)(O)OC[C@@H](O)COP(=O)(O)OC[C@@H](COC(=O)CCCCCCCCCC)OC(=O)CCCCCCCCCCC(C)CC. The lowest BCUT2D eigenvalue weighted by atomic mass is 9.99. The van der Waals surface area contributed by atoms with Gasteiger partial charge in [0.25, 0.3) is 0 Å². The number of hydrogen-bond donors (Lipinski definition) is 3. The summed E-state index contributed by atoms with van der Waals surface area (Å²) in [6.45, 7) is 7.28. The van der Waals surface area contributed by atoms with E-state index in [0.717, 1.165) is 102 Å². The quantitative estimate of drug-likeness (QED) is 0.0222. The molecule has 6 atom stereocenters. The first-order valence-corrected chi connectivity index (χ1v) is 44.2. The Morgan fingerprint density at radius 1 is 0.286 bits per heavy atom.